The lowest BCUT2D eigenvalue weighted by molar-refractivity contribution is -0.129. The molecule has 1 amide bonds. The molecule has 1 unspecified atom stereocenters. The highest BCUT2D eigenvalue weighted by Gasteiger charge is 2.25. The molecule has 142 valence electrons. The molecule has 1 atom stereocenters. The van der Waals surface area contributed by atoms with Crippen molar-refractivity contribution in [1.29, 1.82) is 0 Å². The maximum atomic E-state index is 12.8. The molecule has 0 N–H and O–H groups in total. The Morgan fingerprint density at radius 2 is 1.56 bits per heavy atom. The van der Waals surface area contributed by atoms with Gasteiger partial charge >= 0.3 is 0 Å². The van der Waals surface area contributed by atoms with Crippen LogP contribution in [0.3, 0.4) is 0 Å². The summed E-state index contributed by atoms with van der Waals surface area (Å²) in [6, 6.07) is 19.2. The van der Waals surface area contributed by atoms with Crippen molar-refractivity contribution in [3.63, 3.8) is 0 Å². The molecule has 0 radical (unpaired) electrons. The van der Waals surface area contributed by atoms with Gasteiger partial charge in [-0.1, -0.05) is 60.2 Å². The van der Waals surface area contributed by atoms with Gasteiger partial charge in [0.1, 0.15) is 0 Å². The van der Waals surface area contributed by atoms with E-state index in [1.54, 1.807) is 17.0 Å². The molecule has 0 spiro atoms. The van der Waals surface area contributed by atoms with Crippen molar-refractivity contribution in [2.45, 2.75) is 38.1 Å². The smallest absolute Gasteiger partial charge is 0.247 e. The molecule has 2 aromatic rings. The van der Waals surface area contributed by atoms with Crippen molar-refractivity contribution in [2.24, 2.45) is 0 Å². The fourth-order valence-corrected chi connectivity index (χ4v) is 3.44. The van der Waals surface area contributed by atoms with Gasteiger partial charge in [-0.2, -0.15) is 0 Å². The van der Waals surface area contributed by atoms with Gasteiger partial charge in [0.05, 0.1) is 10.8 Å². The predicted molar refractivity (Wildman–Crippen MR) is 114 cm³/mol. The number of hydrogen-bond acceptors (Lipinski definition) is 2. The average molecular weight is 382 g/mol. The second kappa shape index (κ2) is 9.47. The first-order valence-corrected chi connectivity index (χ1v) is 10.2. The van der Waals surface area contributed by atoms with Gasteiger partial charge in [0.15, 0.2) is 0 Å². The third-order valence-corrected chi connectivity index (χ3v) is 5.13. The molecule has 0 aromatic heterocycles. The highest BCUT2D eigenvalue weighted by Crippen LogP contribution is 2.18. The monoisotopic (exact) mass is 381 g/mol. The standard InChI is InChI=1S/C23H27NO2S/c1-19(17-20-11-7-5-8-12-20)18-24(23(2,3)4)22(25)15-16-27(26)21-13-9-6-10-14-21/h5-17H,18H2,1-4H3/b16-15-,19-17-. The number of carbonyl (C=O) groups excluding carboxylic acids is 1. The summed E-state index contributed by atoms with van der Waals surface area (Å²) in [7, 11) is -1.33. The van der Waals surface area contributed by atoms with Gasteiger partial charge in [-0.05, 0) is 45.4 Å². The molecule has 0 bridgehead atoms. The van der Waals surface area contributed by atoms with E-state index < -0.39 is 10.8 Å². The Hall–Kier alpha value is -2.46. The van der Waals surface area contributed by atoms with Gasteiger partial charge in [-0.3, -0.25) is 4.79 Å². The summed E-state index contributed by atoms with van der Waals surface area (Å²) < 4.78 is 12.3. The number of hydrogen-bond donors (Lipinski definition) is 0. The largest absolute Gasteiger partial charge is 0.330 e. The van der Waals surface area contributed by atoms with E-state index in [1.807, 2.05) is 76.2 Å². The van der Waals surface area contributed by atoms with Gasteiger partial charge in [0, 0.05) is 28.5 Å². The van der Waals surface area contributed by atoms with Crippen LogP contribution in [0.2, 0.25) is 0 Å². The first-order valence-electron chi connectivity index (χ1n) is 8.95. The van der Waals surface area contributed by atoms with Crippen molar-refractivity contribution in [2.75, 3.05) is 6.54 Å². The first-order chi connectivity index (χ1) is 12.8. The quantitative estimate of drug-likeness (QED) is 0.658. The van der Waals surface area contributed by atoms with Crippen molar-refractivity contribution < 1.29 is 9.00 Å². The molecular formula is C23H27NO2S. The lowest BCUT2D eigenvalue weighted by Gasteiger charge is -2.35. The molecule has 3 nitrogen and oxygen atoms in total. The zero-order chi connectivity index (χ0) is 19.9. The summed E-state index contributed by atoms with van der Waals surface area (Å²) in [5.74, 6) is -0.146. The van der Waals surface area contributed by atoms with Gasteiger partial charge < -0.3 is 4.90 Å². The Bertz CT molecular complexity index is 834. The van der Waals surface area contributed by atoms with E-state index in [9.17, 15) is 9.00 Å². The SMILES string of the molecule is C/C(=C/c1ccccc1)CN(C(=O)/C=C\S(=O)c1ccccc1)C(C)(C)C. The Labute approximate surface area is 164 Å². The van der Waals surface area contributed by atoms with E-state index in [4.69, 9.17) is 0 Å². The van der Waals surface area contributed by atoms with Crippen molar-refractivity contribution in [3.8, 4) is 0 Å². The molecule has 0 saturated carbocycles. The zero-order valence-electron chi connectivity index (χ0n) is 16.4. The summed E-state index contributed by atoms with van der Waals surface area (Å²) in [5.41, 5.74) is 1.85. The first kappa shape index (κ1) is 20.8. The van der Waals surface area contributed by atoms with Crippen molar-refractivity contribution in [3.05, 3.63) is 83.3 Å². The van der Waals surface area contributed by atoms with E-state index in [0.717, 1.165) is 11.1 Å². The molecule has 0 saturated heterocycles. The van der Waals surface area contributed by atoms with Crippen LogP contribution in [0.15, 0.2) is 82.6 Å². The van der Waals surface area contributed by atoms with Crippen LogP contribution in [0.25, 0.3) is 6.08 Å². The maximum Gasteiger partial charge on any atom is 0.247 e. The van der Waals surface area contributed by atoms with Crippen LogP contribution in [-0.2, 0) is 15.6 Å². The zero-order valence-corrected chi connectivity index (χ0v) is 17.2. The second-order valence-electron chi connectivity index (χ2n) is 7.41. The van der Waals surface area contributed by atoms with Gasteiger partial charge in [-0.15, -0.1) is 0 Å². The number of carbonyl (C=O) groups is 1. The minimum Gasteiger partial charge on any atom is -0.330 e. The van der Waals surface area contributed by atoms with Crippen molar-refractivity contribution in [1.82, 2.24) is 4.90 Å². The van der Waals surface area contributed by atoms with Gasteiger partial charge in [-0.25, -0.2) is 4.21 Å². The molecule has 0 aliphatic carbocycles. The normalized spacial score (nSPS) is 13.6. The van der Waals surface area contributed by atoms with Crippen LogP contribution >= 0.6 is 0 Å². The van der Waals surface area contributed by atoms with Crippen LogP contribution < -0.4 is 0 Å². The maximum absolute atomic E-state index is 12.8. The van der Waals surface area contributed by atoms with E-state index in [0.29, 0.717) is 11.4 Å². The van der Waals surface area contributed by atoms with Gasteiger partial charge in [0.25, 0.3) is 0 Å². The Morgan fingerprint density at radius 1 is 1.00 bits per heavy atom. The highest BCUT2D eigenvalue weighted by molar-refractivity contribution is 7.88. The van der Waals surface area contributed by atoms with Crippen molar-refractivity contribution >= 4 is 22.8 Å². The Morgan fingerprint density at radius 3 is 2.11 bits per heavy atom. The number of amides is 1. The van der Waals surface area contributed by atoms with Gasteiger partial charge in [0.2, 0.25) is 5.91 Å². The summed E-state index contributed by atoms with van der Waals surface area (Å²) in [4.78, 5) is 15.3. The highest BCUT2D eigenvalue weighted by atomic mass is 32.2. The van der Waals surface area contributed by atoms with Crippen LogP contribution in [0.4, 0.5) is 0 Å². The molecule has 2 rings (SSSR count). The second-order valence-corrected chi connectivity index (χ2v) is 8.75. The van der Waals surface area contributed by atoms with Crippen LogP contribution in [-0.4, -0.2) is 27.1 Å². The fourth-order valence-electron chi connectivity index (χ4n) is 2.62. The third kappa shape index (κ3) is 6.65. The van der Waals surface area contributed by atoms with E-state index >= 15 is 0 Å². The topological polar surface area (TPSA) is 37.4 Å². The number of benzene rings is 2. The van der Waals surface area contributed by atoms with E-state index in [1.165, 1.54) is 11.5 Å². The molecule has 27 heavy (non-hydrogen) atoms. The summed E-state index contributed by atoms with van der Waals surface area (Å²) >= 11 is 0. The summed E-state index contributed by atoms with van der Waals surface area (Å²) in [6.45, 7) is 8.54. The molecule has 4 heteroatoms. The molecule has 2 aromatic carbocycles. The predicted octanol–water partition coefficient (Wildman–Crippen LogP) is 5.04. The molecule has 0 aliphatic rings. The minimum absolute atomic E-state index is 0.146. The van der Waals surface area contributed by atoms with Crippen LogP contribution in [0, 0.1) is 0 Å². The van der Waals surface area contributed by atoms with Crippen LogP contribution in [0.1, 0.15) is 33.3 Å². The number of rotatable bonds is 6. The summed E-state index contributed by atoms with van der Waals surface area (Å²) in [5, 5.41) is 1.46. The molecule has 0 aliphatic heterocycles. The Kier molecular flexibility index (Phi) is 7.31. The summed E-state index contributed by atoms with van der Waals surface area (Å²) in [6.07, 6.45) is 3.50. The fraction of sp³-hybridized carbons (Fsp3) is 0.261. The average Bonchev–Trinajstić information content (AvgIpc) is 2.64. The molecular weight excluding hydrogens is 354 g/mol. The van der Waals surface area contributed by atoms with E-state index in [2.05, 4.69) is 6.08 Å². The van der Waals surface area contributed by atoms with E-state index in [-0.39, 0.29) is 11.4 Å². The number of nitrogens with zero attached hydrogens (tertiary/aromatic N) is 1. The Balaban J connectivity index is 2.13. The lowest BCUT2D eigenvalue weighted by atomic mass is 10.0. The van der Waals surface area contributed by atoms with Crippen LogP contribution in [0.5, 0.6) is 0 Å². The minimum atomic E-state index is -1.33. The third-order valence-electron chi connectivity index (χ3n) is 4.01. The molecule has 0 fully saturated rings. The lowest BCUT2D eigenvalue weighted by Crippen LogP contribution is -2.45. The molecule has 0 heterocycles.